The molecule has 0 unspecified atom stereocenters. The Labute approximate surface area is 138 Å². The van der Waals surface area contributed by atoms with Crippen molar-refractivity contribution in [1.82, 2.24) is 0 Å². The number of benzene rings is 2. The third-order valence-corrected chi connectivity index (χ3v) is 3.84. The zero-order chi connectivity index (χ0) is 16.3. The number of carbonyl (C=O) groups is 2. The summed E-state index contributed by atoms with van der Waals surface area (Å²) in [4.78, 5) is 23.5. The molecular formula is C16H14Cl2N2O2. The molecule has 0 fully saturated rings. The lowest BCUT2D eigenvalue weighted by Gasteiger charge is -2.21. The highest BCUT2D eigenvalue weighted by atomic mass is 35.5. The van der Waals surface area contributed by atoms with Crippen LogP contribution in [0.15, 0.2) is 42.5 Å². The third-order valence-electron chi connectivity index (χ3n) is 3.18. The number of carbonyl (C=O) groups excluding carboxylic acids is 2. The van der Waals surface area contributed by atoms with Crippen molar-refractivity contribution in [3.05, 3.63) is 63.6 Å². The summed E-state index contributed by atoms with van der Waals surface area (Å²) >= 11 is 12.3. The molecule has 6 heteroatoms. The van der Waals surface area contributed by atoms with Gasteiger partial charge in [0.2, 0.25) is 5.91 Å². The molecule has 0 radical (unpaired) electrons. The molecular weight excluding hydrogens is 323 g/mol. The van der Waals surface area contributed by atoms with E-state index in [1.54, 1.807) is 42.5 Å². The van der Waals surface area contributed by atoms with Gasteiger partial charge in [-0.05, 0) is 31.2 Å². The Morgan fingerprint density at radius 2 is 1.64 bits per heavy atom. The Kier molecular flexibility index (Phi) is 5.06. The summed E-state index contributed by atoms with van der Waals surface area (Å²) in [6.45, 7) is 1.45. The number of hydrogen-bond acceptors (Lipinski definition) is 3. The molecule has 0 aromatic heterocycles. The number of ketones is 1. The molecule has 0 aliphatic rings. The molecule has 0 heterocycles. The van der Waals surface area contributed by atoms with Crippen LogP contribution >= 0.6 is 23.2 Å². The van der Waals surface area contributed by atoms with Crippen LogP contribution in [-0.2, 0) is 4.79 Å². The highest BCUT2D eigenvalue weighted by Gasteiger charge is 2.24. The number of para-hydroxylation sites is 1. The fraction of sp³-hybridized carbons (Fsp3) is 0.125. The molecule has 0 bridgehead atoms. The maximum Gasteiger partial charge on any atom is 0.244 e. The second kappa shape index (κ2) is 6.81. The zero-order valence-electron chi connectivity index (χ0n) is 11.8. The summed E-state index contributed by atoms with van der Waals surface area (Å²) in [5.74, 6) is -0.773. The molecule has 22 heavy (non-hydrogen) atoms. The Morgan fingerprint density at radius 1 is 1.05 bits per heavy atom. The number of nitrogens with two attached hydrogens (primary N) is 1. The summed E-state index contributed by atoms with van der Waals surface area (Å²) in [6.07, 6.45) is 0. The van der Waals surface area contributed by atoms with E-state index < -0.39 is 11.9 Å². The second-order valence-corrected chi connectivity index (χ2v) is 5.53. The molecule has 1 amide bonds. The van der Waals surface area contributed by atoms with Crippen molar-refractivity contribution in [2.75, 3.05) is 5.32 Å². The molecule has 3 N–H and O–H groups in total. The monoisotopic (exact) mass is 336 g/mol. The van der Waals surface area contributed by atoms with Gasteiger partial charge in [-0.1, -0.05) is 41.4 Å². The molecule has 114 valence electrons. The predicted molar refractivity (Wildman–Crippen MR) is 88.5 cm³/mol. The van der Waals surface area contributed by atoms with Gasteiger partial charge in [-0.15, -0.1) is 0 Å². The lowest BCUT2D eigenvalue weighted by atomic mass is 10.0. The van der Waals surface area contributed by atoms with Gasteiger partial charge in [0.15, 0.2) is 5.78 Å². The molecule has 0 aliphatic heterocycles. The van der Waals surface area contributed by atoms with Crippen molar-refractivity contribution in [2.24, 2.45) is 5.73 Å². The van der Waals surface area contributed by atoms with Gasteiger partial charge < -0.3 is 11.1 Å². The average molecular weight is 337 g/mol. The van der Waals surface area contributed by atoms with Crippen LogP contribution in [-0.4, -0.2) is 11.7 Å². The molecule has 2 aromatic rings. The lowest BCUT2D eigenvalue weighted by Crippen LogP contribution is -2.28. The molecule has 4 nitrogen and oxygen atoms in total. The van der Waals surface area contributed by atoms with E-state index in [9.17, 15) is 9.59 Å². The first-order chi connectivity index (χ1) is 10.4. The number of nitrogens with one attached hydrogen (secondary N) is 1. The van der Waals surface area contributed by atoms with E-state index >= 15 is 0 Å². The molecule has 2 aromatic carbocycles. The second-order valence-electron chi connectivity index (χ2n) is 4.72. The van der Waals surface area contributed by atoms with Crippen molar-refractivity contribution in [2.45, 2.75) is 13.0 Å². The van der Waals surface area contributed by atoms with Crippen LogP contribution in [0.1, 0.15) is 28.9 Å². The molecule has 0 saturated carbocycles. The van der Waals surface area contributed by atoms with E-state index in [0.29, 0.717) is 26.9 Å². The zero-order valence-corrected chi connectivity index (χ0v) is 13.3. The average Bonchev–Trinajstić information content (AvgIpc) is 2.46. The van der Waals surface area contributed by atoms with Gasteiger partial charge in [-0.2, -0.15) is 0 Å². The van der Waals surface area contributed by atoms with Gasteiger partial charge >= 0.3 is 0 Å². The molecule has 0 saturated heterocycles. The minimum atomic E-state index is -0.943. The lowest BCUT2D eigenvalue weighted by molar-refractivity contribution is -0.118. The van der Waals surface area contributed by atoms with Crippen molar-refractivity contribution < 1.29 is 9.59 Å². The van der Waals surface area contributed by atoms with E-state index in [1.807, 2.05) is 0 Å². The van der Waals surface area contributed by atoms with E-state index in [0.717, 1.165) is 0 Å². The van der Waals surface area contributed by atoms with Crippen molar-refractivity contribution in [3.63, 3.8) is 0 Å². The number of primary amides is 1. The molecule has 0 aliphatic carbocycles. The minimum Gasteiger partial charge on any atom is -0.369 e. The number of halogens is 2. The summed E-state index contributed by atoms with van der Waals surface area (Å²) in [7, 11) is 0. The standard InChI is InChI=1S/C16H14Cl2N2O2/c1-9(21)10-5-2-3-8-13(10)20-15(16(19)22)14-11(17)6-4-7-12(14)18/h2-8,15,20H,1H3,(H2,19,22)/t15-/m1/s1. The summed E-state index contributed by atoms with van der Waals surface area (Å²) in [6, 6.07) is 10.8. The van der Waals surface area contributed by atoms with E-state index in [-0.39, 0.29) is 5.78 Å². The fourth-order valence-electron chi connectivity index (χ4n) is 2.14. The highest BCUT2D eigenvalue weighted by molar-refractivity contribution is 6.36. The smallest absolute Gasteiger partial charge is 0.244 e. The Bertz CT molecular complexity index is 712. The van der Waals surface area contributed by atoms with Gasteiger partial charge in [-0.3, -0.25) is 9.59 Å². The fourth-order valence-corrected chi connectivity index (χ4v) is 2.76. The normalized spacial score (nSPS) is 11.8. The van der Waals surface area contributed by atoms with E-state index in [1.165, 1.54) is 6.92 Å². The predicted octanol–water partition coefficient (Wildman–Crippen LogP) is 3.83. The minimum absolute atomic E-state index is 0.128. The van der Waals surface area contributed by atoms with Crippen molar-refractivity contribution in [3.8, 4) is 0 Å². The van der Waals surface area contributed by atoms with E-state index in [4.69, 9.17) is 28.9 Å². The topological polar surface area (TPSA) is 72.2 Å². The van der Waals surface area contributed by atoms with Gasteiger partial charge in [0, 0.05) is 26.9 Å². The molecule has 0 spiro atoms. The first-order valence-electron chi connectivity index (χ1n) is 6.51. The van der Waals surface area contributed by atoms with E-state index in [2.05, 4.69) is 5.32 Å². The van der Waals surface area contributed by atoms with Crippen LogP contribution in [0.4, 0.5) is 5.69 Å². The first kappa shape index (κ1) is 16.3. The number of amides is 1. The number of anilines is 1. The third kappa shape index (κ3) is 3.40. The summed E-state index contributed by atoms with van der Waals surface area (Å²) in [5, 5.41) is 3.61. The Hall–Kier alpha value is -2.04. The quantitative estimate of drug-likeness (QED) is 0.815. The highest BCUT2D eigenvalue weighted by Crippen LogP contribution is 2.33. The van der Waals surface area contributed by atoms with Crippen LogP contribution in [0.25, 0.3) is 0 Å². The van der Waals surface area contributed by atoms with Gasteiger partial charge in [0.25, 0.3) is 0 Å². The van der Waals surface area contributed by atoms with Gasteiger partial charge in [-0.25, -0.2) is 0 Å². The van der Waals surface area contributed by atoms with Crippen LogP contribution in [0.5, 0.6) is 0 Å². The number of hydrogen-bond donors (Lipinski definition) is 2. The molecule has 1 atom stereocenters. The summed E-state index contributed by atoms with van der Waals surface area (Å²) in [5.41, 5.74) is 6.81. The maximum atomic E-state index is 11.8. The van der Waals surface area contributed by atoms with Gasteiger partial charge in [0.1, 0.15) is 6.04 Å². The SMILES string of the molecule is CC(=O)c1ccccc1N[C@@H](C(N)=O)c1c(Cl)cccc1Cl. The van der Waals surface area contributed by atoms with Crippen LogP contribution < -0.4 is 11.1 Å². The maximum absolute atomic E-state index is 11.8. The Morgan fingerprint density at radius 3 is 2.18 bits per heavy atom. The number of Topliss-reactive ketones (excluding diaryl/α,β-unsaturated/α-hetero) is 1. The van der Waals surface area contributed by atoms with Crippen molar-refractivity contribution >= 4 is 40.6 Å². The van der Waals surface area contributed by atoms with Crippen LogP contribution in [0.3, 0.4) is 0 Å². The van der Waals surface area contributed by atoms with Crippen LogP contribution in [0.2, 0.25) is 10.0 Å². The number of rotatable bonds is 5. The Balaban J connectivity index is 2.48. The van der Waals surface area contributed by atoms with Crippen molar-refractivity contribution in [1.29, 1.82) is 0 Å². The largest absolute Gasteiger partial charge is 0.369 e. The molecule has 2 rings (SSSR count). The first-order valence-corrected chi connectivity index (χ1v) is 7.27. The summed E-state index contributed by atoms with van der Waals surface area (Å²) < 4.78 is 0. The van der Waals surface area contributed by atoms with Gasteiger partial charge in [0.05, 0.1) is 0 Å². The van der Waals surface area contributed by atoms with Crippen LogP contribution in [0, 0.1) is 0 Å².